The Bertz CT molecular complexity index is 431. The van der Waals surface area contributed by atoms with Crippen LogP contribution < -0.4 is 5.73 Å². The number of hydrogen-bond acceptors (Lipinski definition) is 2. The lowest BCUT2D eigenvalue weighted by molar-refractivity contribution is 0.0714. The summed E-state index contributed by atoms with van der Waals surface area (Å²) in [6.45, 7) is 1.26. The summed E-state index contributed by atoms with van der Waals surface area (Å²) >= 11 is 5.57. The monoisotopic (exact) mass is 256 g/mol. The van der Waals surface area contributed by atoms with Crippen molar-refractivity contribution in [1.29, 1.82) is 0 Å². The number of rotatable bonds is 1. The molecule has 3 nitrogen and oxygen atoms in total. The first-order valence-corrected chi connectivity index (χ1v) is 5.95. The standard InChI is InChI=1S/C12H14ClFN2O/c13-10-2-1-8(7-11(10)14)12(17)16-5-3-9(15)4-6-16/h1-2,7,9H,3-6,15H2. The number of hydrogen-bond donors (Lipinski definition) is 1. The molecule has 0 aliphatic carbocycles. The average molecular weight is 257 g/mol. The Morgan fingerprint density at radius 3 is 2.65 bits per heavy atom. The molecular weight excluding hydrogens is 243 g/mol. The van der Waals surface area contributed by atoms with E-state index in [-0.39, 0.29) is 17.0 Å². The third-order valence-corrected chi connectivity index (χ3v) is 3.30. The Hall–Kier alpha value is -1.13. The SMILES string of the molecule is NC1CCN(C(=O)c2ccc(Cl)c(F)c2)CC1. The number of benzene rings is 1. The molecule has 1 aromatic carbocycles. The summed E-state index contributed by atoms with van der Waals surface area (Å²) < 4.78 is 13.2. The first-order chi connectivity index (χ1) is 8.08. The Morgan fingerprint density at radius 2 is 2.06 bits per heavy atom. The van der Waals surface area contributed by atoms with Gasteiger partial charge >= 0.3 is 0 Å². The van der Waals surface area contributed by atoms with E-state index in [1.807, 2.05) is 0 Å². The van der Waals surface area contributed by atoms with Crippen LogP contribution in [0.25, 0.3) is 0 Å². The minimum Gasteiger partial charge on any atom is -0.339 e. The van der Waals surface area contributed by atoms with Crippen LogP contribution in [0.5, 0.6) is 0 Å². The van der Waals surface area contributed by atoms with E-state index in [2.05, 4.69) is 0 Å². The molecule has 2 rings (SSSR count). The minimum atomic E-state index is -0.564. The van der Waals surface area contributed by atoms with E-state index < -0.39 is 5.82 Å². The summed E-state index contributed by atoms with van der Waals surface area (Å²) in [6.07, 6.45) is 1.59. The summed E-state index contributed by atoms with van der Waals surface area (Å²) in [5, 5.41) is 0.0298. The molecule has 1 aromatic rings. The molecule has 1 saturated heterocycles. The Labute approximate surface area is 104 Å². The van der Waals surface area contributed by atoms with Crippen LogP contribution in [0.4, 0.5) is 4.39 Å². The number of amides is 1. The van der Waals surface area contributed by atoms with Gasteiger partial charge in [-0.15, -0.1) is 0 Å². The number of nitrogens with two attached hydrogens (primary N) is 1. The van der Waals surface area contributed by atoms with Gasteiger partial charge in [0.25, 0.3) is 5.91 Å². The molecule has 0 bridgehead atoms. The number of carbonyl (C=O) groups is 1. The Balaban J connectivity index is 2.11. The molecule has 1 fully saturated rings. The predicted molar refractivity (Wildman–Crippen MR) is 64.5 cm³/mol. The maximum atomic E-state index is 13.2. The fourth-order valence-electron chi connectivity index (χ4n) is 1.91. The smallest absolute Gasteiger partial charge is 0.253 e. The molecule has 0 spiro atoms. The maximum Gasteiger partial charge on any atom is 0.253 e. The summed E-state index contributed by atoms with van der Waals surface area (Å²) in [5.74, 6) is -0.723. The van der Waals surface area contributed by atoms with E-state index in [0.717, 1.165) is 12.8 Å². The molecule has 0 saturated carbocycles. The van der Waals surface area contributed by atoms with Gasteiger partial charge in [-0.2, -0.15) is 0 Å². The fourth-order valence-corrected chi connectivity index (χ4v) is 2.03. The molecule has 1 heterocycles. The molecule has 0 atom stereocenters. The highest BCUT2D eigenvalue weighted by atomic mass is 35.5. The molecule has 17 heavy (non-hydrogen) atoms. The van der Waals surface area contributed by atoms with E-state index in [1.165, 1.54) is 12.1 Å². The molecule has 1 aliphatic heterocycles. The van der Waals surface area contributed by atoms with Crippen LogP contribution >= 0.6 is 11.6 Å². The van der Waals surface area contributed by atoms with Gasteiger partial charge in [0, 0.05) is 24.7 Å². The van der Waals surface area contributed by atoms with Crippen molar-refractivity contribution in [1.82, 2.24) is 4.90 Å². The number of nitrogens with zero attached hydrogens (tertiary/aromatic N) is 1. The summed E-state index contributed by atoms with van der Waals surface area (Å²) in [6, 6.07) is 4.29. The second-order valence-corrected chi connectivity index (χ2v) is 4.67. The molecular formula is C12H14ClFN2O. The van der Waals surface area contributed by atoms with Crippen molar-refractivity contribution >= 4 is 17.5 Å². The topological polar surface area (TPSA) is 46.3 Å². The predicted octanol–water partition coefficient (Wildman–Crippen LogP) is 2.04. The van der Waals surface area contributed by atoms with Gasteiger partial charge in [-0.3, -0.25) is 4.79 Å². The lowest BCUT2D eigenvalue weighted by Gasteiger charge is -2.30. The van der Waals surface area contributed by atoms with Crippen LogP contribution in [0.2, 0.25) is 5.02 Å². The maximum absolute atomic E-state index is 13.2. The fraction of sp³-hybridized carbons (Fsp3) is 0.417. The third-order valence-electron chi connectivity index (χ3n) is 2.99. The van der Waals surface area contributed by atoms with Crippen molar-refractivity contribution in [2.24, 2.45) is 5.73 Å². The van der Waals surface area contributed by atoms with Crippen molar-refractivity contribution in [3.05, 3.63) is 34.6 Å². The largest absolute Gasteiger partial charge is 0.339 e. The number of piperidine rings is 1. The van der Waals surface area contributed by atoms with Gasteiger partial charge in [0.15, 0.2) is 0 Å². The van der Waals surface area contributed by atoms with E-state index in [1.54, 1.807) is 11.0 Å². The van der Waals surface area contributed by atoms with Gasteiger partial charge < -0.3 is 10.6 Å². The van der Waals surface area contributed by atoms with E-state index >= 15 is 0 Å². The van der Waals surface area contributed by atoms with Crippen molar-refractivity contribution in [2.75, 3.05) is 13.1 Å². The van der Waals surface area contributed by atoms with Crippen molar-refractivity contribution in [2.45, 2.75) is 18.9 Å². The first-order valence-electron chi connectivity index (χ1n) is 5.58. The summed E-state index contributed by atoms with van der Waals surface area (Å²) in [7, 11) is 0. The van der Waals surface area contributed by atoms with Gasteiger partial charge in [-0.1, -0.05) is 11.6 Å². The molecule has 0 aromatic heterocycles. The second kappa shape index (κ2) is 5.02. The molecule has 1 aliphatic rings. The zero-order chi connectivity index (χ0) is 12.4. The van der Waals surface area contributed by atoms with E-state index in [4.69, 9.17) is 17.3 Å². The molecule has 1 amide bonds. The highest BCUT2D eigenvalue weighted by molar-refractivity contribution is 6.30. The Morgan fingerprint density at radius 1 is 1.41 bits per heavy atom. The second-order valence-electron chi connectivity index (χ2n) is 4.26. The van der Waals surface area contributed by atoms with E-state index in [0.29, 0.717) is 18.7 Å². The molecule has 92 valence electrons. The quantitative estimate of drug-likeness (QED) is 0.836. The van der Waals surface area contributed by atoms with Crippen LogP contribution in [0.3, 0.4) is 0 Å². The lowest BCUT2D eigenvalue weighted by Crippen LogP contribution is -2.42. The molecule has 2 N–H and O–H groups in total. The number of carbonyl (C=O) groups excluding carboxylic acids is 1. The zero-order valence-corrected chi connectivity index (χ0v) is 10.1. The van der Waals surface area contributed by atoms with E-state index in [9.17, 15) is 9.18 Å². The molecule has 0 unspecified atom stereocenters. The summed E-state index contributed by atoms with van der Waals surface area (Å²) in [4.78, 5) is 13.7. The lowest BCUT2D eigenvalue weighted by atomic mass is 10.0. The summed E-state index contributed by atoms with van der Waals surface area (Å²) in [5.41, 5.74) is 6.10. The van der Waals surface area contributed by atoms with Gasteiger partial charge in [-0.05, 0) is 31.0 Å². The average Bonchev–Trinajstić information content (AvgIpc) is 2.33. The van der Waals surface area contributed by atoms with Crippen LogP contribution in [0.1, 0.15) is 23.2 Å². The Kier molecular flexibility index (Phi) is 3.64. The van der Waals surface area contributed by atoms with Gasteiger partial charge in [0.2, 0.25) is 0 Å². The highest BCUT2D eigenvalue weighted by Crippen LogP contribution is 2.18. The van der Waals surface area contributed by atoms with Gasteiger partial charge in [0.05, 0.1) is 5.02 Å². The minimum absolute atomic E-state index is 0.0298. The number of likely N-dealkylation sites (tertiary alicyclic amines) is 1. The third kappa shape index (κ3) is 2.76. The number of halogens is 2. The van der Waals surface area contributed by atoms with Crippen LogP contribution in [0, 0.1) is 5.82 Å². The van der Waals surface area contributed by atoms with Crippen molar-refractivity contribution < 1.29 is 9.18 Å². The first kappa shape index (κ1) is 12.3. The van der Waals surface area contributed by atoms with Gasteiger partial charge in [0.1, 0.15) is 5.82 Å². The zero-order valence-electron chi connectivity index (χ0n) is 9.33. The molecule has 0 radical (unpaired) electrons. The van der Waals surface area contributed by atoms with Crippen molar-refractivity contribution in [3.8, 4) is 0 Å². The van der Waals surface area contributed by atoms with Crippen LogP contribution in [0.15, 0.2) is 18.2 Å². The van der Waals surface area contributed by atoms with Gasteiger partial charge in [-0.25, -0.2) is 4.39 Å². The van der Waals surface area contributed by atoms with Crippen LogP contribution in [-0.4, -0.2) is 29.9 Å². The molecule has 5 heteroatoms. The van der Waals surface area contributed by atoms with Crippen LogP contribution in [-0.2, 0) is 0 Å². The highest BCUT2D eigenvalue weighted by Gasteiger charge is 2.22. The van der Waals surface area contributed by atoms with Crippen molar-refractivity contribution in [3.63, 3.8) is 0 Å². The normalized spacial score (nSPS) is 17.2.